The fourth-order valence-corrected chi connectivity index (χ4v) is 3.93. The Morgan fingerprint density at radius 3 is 2.62 bits per heavy atom. The van der Waals surface area contributed by atoms with Gasteiger partial charge in [0.15, 0.2) is 0 Å². The van der Waals surface area contributed by atoms with Crippen molar-refractivity contribution in [2.45, 2.75) is 51.6 Å². The minimum atomic E-state index is -3.45. The number of ether oxygens (including phenoxy) is 1. The standard InChI is InChI=1S/C18H29N3O4S/c1-5-12-10-17(25-3)13(11-16(12)21-26(4,23)24)18(22)20-14(6-2)15-8-7-9-19-15/h10-11,14-15,19,21H,5-9H2,1-4H3,(H,20,22). The maximum atomic E-state index is 12.9. The molecule has 0 aliphatic carbocycles. The molecule has 146 valence electrons. The molecule has 3 N–H and O–H groups in total. The van der Waals surface area contributed by atoms with Crippen LogP contribution in [0.25, 0.3) is 0 Å². The van der Waals surface area contributed by atoms with Gasteiger partial charge in [-0.15, -0.1) is 0 Å². The number of aryl methyl sites for hydroxylation is 1. The Balaban J connectivity index is 2.33. The highest BCUT2D eigenvalue weighted by atomic mass is 32.2. The zero-order valence-electron chi connectivity index (χ0n) is 15.9. The largest absolute Gasteiger partial charge is 0.496 e. The van der Waals surface area contributed by atoms with Crippen LogP contribution in [-0.2, 0) is 16.4 Å². The molecule has 1 saturated heterocycles. The lowest BCUT2D eigenvalue weighted by Crippen LogP contribution is -2.47. The zero-order valence-corrected chi connectivity index (χ0v) is 16.7. The van der Waals surface area contributed by atoms with Gasteiger partial charge in [0, 0.05) is 12.1 Å². The molecule has 2 atom stereocenters. The SMILES string of the molecule is CCc1cc(OC)c(C(=O)NC(CC)C2CCCN2)cc1NS(C)(=O)=O. The first-order valence-corrected chi connectivity index (χ1v) is 10.9. The molecule has 26 heavy (non-hydrogen) atoms. The number of hydrogen-bond acceptors (Lipinski definition) is 5. The topological polar surface area (TPSA) is 96.5 Å². The zero-order chi connectivity index (χ0) is 19.3. The van der Waals surface area contributed by atoms with Crippen LogP contribution in [0, 0.1) is 0 Å². The molecule has 1 fully saturated rings. The van der Waals surface area contributed by atoms with Gasteiger partial charge in [-0.05, 0) is 49.9 Å². The molecule has 8 heteroatoms. The van der Waals surface area contributed by atoms with E-state index in [9.17, 15) is 13.2 Å². The van der Waals surface area contributed by atoms with E-state index in [4.69, 9.17) is 4.74 Å². The molecule has 7 nitrogen and oxygen atoms in total. The lowest BCUT2D eigenvalue weighted by atomic mass is 10.0. The van der Waals surface area contributed by atoms with Crippen LogP contribution in [0.4, 0.5) is 5.69 Å². The van der Waals surface area contributed by atoms with Gasteiger partial charge in [-0.25, -0.2) is 8.42 Å². The summed E-state index contributed by atoms with van der Waals surface area (Å²) in [5.41, 5.74) is 1.51. The molecule has 0 spiro atoms. The van der Waals surface area contributed by atoms with Crippen molar-refractivity contribution < 1.29 is 17.9 Å². The normalized spacial score (nSPS) is 18.4. The van der Waals surface area contributed by atoms with Gasteiger partial charge >= 0.3 is 0 Å². The van der Waals surface area contributed by atoms with E-state index >= 15 is 0 Å². The summed E-state index contributed by atoms with van der Waals surface area (Å²) in [4.78, 5) is 12.9. The molecule has 0 aromatic heterocycles. The molecule has 1 aromatic carbocycles. The number of nitrogens with one attached hydrogen (secondary N) is 3. The van der Waals surface area contributed by atoms with Crippen molar-refractivity contribution in [3.8, 4) is 5.75 Å². The van der Waals surface area contributed by atoms with Crippen molar-refractivity contribution in [1.29, 1.82) is 0 Å². The summed E-state index contributed by atoms with van der Waals surface area (Å²) in [6.07, 6.45) is 4.65. The van der Waals surface area contributed by atoms with Crippen molar-refractivity contribution >= 4 is 21.6 Å². The second kappa shape index (κ2) is 8.73. The van der Waals surface area contributed by atoms with E-state index in [1.165, 1.54) is 7.11 Å². The number of carbonyl (C=O) groups excluding carboxylic acids is 1. The molecule has 1 heterocycles. The molecule has 1 aromatic rings. The van der Waals surface area contributed by atoms with Crippen LogP contribution in [0.15, 0.2) is 12.1 Å². The van der Waals surface area contributed by atoms with E-state index in [1.807, 2.05) is 13.8 Å². The third-order valence-corrected chi connectivity index (χ3v) is 5.28. The van der Waals surface area contributed by atoms with E-state index in [-0.39, 0.29) is 18.0 Å². The lowest BCUT2D eigenvalue weighted by molar-refractivity contribution is 0.0924. The van der Waals surface area contributed by atoms with Crippen molar-refractivity contribution in [1.82, 2.24) is 10.6 Å². The monoisotopic (exact) mass is 383 g/mol. The van der Waals surface area contributed by atoms with Crippen LogP contribution in [-0.4, -0.2) is 46.3 Å². The number of methoxy groups -OCH3 is 1. The Morgan fingerprint density at radius 1 is 1.38 bits per heavy atom. The van der Waals surface area contributed by atoms with Gasteiger partial charge in [-0.1, -0.05) is 13.8 Å². The number of rotatable bonds is 8. The predicted molar refractivity (Wildman–Crippen MR) is 103 cm³/mol. The molecule has 1 amide bonds. The van der Waals surface area contributed by atoms with Gasteiger partial charge in [-0.2, -0.15) is 0 Å². The Morgan fingerprint density at radius 2 is 2.12 bits per heavy atom. The van der Waals surface area contributed by atoms with Gasteiger partial charge in [0.25, 0.3) is 5.91 Å². The quantitative estimate of drug-likeness (QED) is 0.637. The Labute approximate surface area is 155 Å². The van der Waals surface area contributed by atoms with Crippen LogP contribution >= 0.6 is 0 Å². The molecule has 2 rings (SSSR count). The Kier molecular flexibility index (Phi) is 6.88. The summed E-state index contributed by atoms with van der Waals surface area (Å²) in [5.74, 6) is 0.175. The molecule has 0 bridgehead atoms. The Bertz CT molecular complexity index is 743. The summed E-state index contributed by atoms with van der Waals surface area (Å²) >= 11 is 0. The highest BCUT2D eigenvalue weighted by Crippen LogP contribution is 2.29. The maximum Gasteiger partial charge on any atom is 0.255 e. The number of sulfonamides is 1. The number of hydrogen-bond donors (Lipinski definition) is 3. The van der Waals surface area contributed by atoms with Crippen LogP contribution in [0.2, 0.25) is 0 Å². The summed E-state index contributed by atoms with van der Waals surface area (Å²) in [6.45, 7) is 4.92. The molecule has 0 saturated carbocycles. The van der Waals surface area contributed by atoms with Crippen LogP contribution in [0.3, 0.4) is 0 Å². The first-order valence-electron chi connectivity index (χ1n) is 9.02. The molecule has 1 aliphatic heterocycles. The fourth-order valence-electron chi connectivity index (χ4n) is 3.34. The number of amides is 1. The average Bonchev–Trinajstić information content (AvgIpc) is 3.12. The van der Waals surface area contributed by atoms with Crippen LogP contribution in [0.5, 0.6) is 5.75 Å². The van der Waals surface area contributed by atoms with Crippen molar-refractivity contribution in [3.63, 3.8) is 0 Å². The van der Waals surface area contributed by atoms with Gasteiger partial charge in [0.05, 0.1) is 24.6 Å². The number of anilines is 1. The highest BCUT2D eigenvalue weighted by molar-refractivity contribution is 7.92. The van der Waals surface area contributed by atoms with Crippen molar-refractivity contribution in [3.05, 3.63) is 23.3 Å². The minimum absolute atomic E-state index is 0.0203. The second-order valence-corrected chi connectivity index (χ2v) is 8.38. The van der Waals surface area contributed by atoms with Gasteiger partial charge in [0.2, 0.25) is 10.0 Å². The van der Waals surface area contributed by atoms with Crippen LogP contribution in [0.1, 0.15) is 49.0 Å². The third kappa shape index (κ3) is 5.11. The van der Waals surface area contributed by atoms with Gasteiger partial charge in [0.1, 0.15) is 5.75 Å². The smallest absolute Gasteiger partial charge is 0.255 e. The lowest BCUT2D eigenvalue weighted by Gasteiger charge is -2.24. The number of carbonyl (C=O) groups is 1. The van der Waals surface area contributed by atoms with E-state index in [1.54, 1.807) is 12.1 Å². The predicted octanol–water partition coefficient (Wildman–Crippen LogP) is 1.89. The number of benzene rings is 1. The summed E-state index contributed by atoms with van der Waals surface area (Å²) < 4.78 is 31.2. The van der Waals surface area contributed by atoms with Gasteiger partial charge < -0.3 is 15.4 Å². The summed E-state index contributed by atoms with van der Waals surface area (Å²) in [6, 6.07) is 3.56. The molecule has 2 unspecified atom stereocenters. The highest BCUT2D eigenvalue weighted by Gasteiger charge is 2.26. The van der Waals surface area contributed by atoms with Crippen molar-refractivity contribution in [2.24, 2.45) is 0 Å². The second-order valence-electron chi connectivity index (χ2n) is 6.63. The first kappa shape index (κ1) is 20.5. The first-order chi connectivity index (χ1) is 12.3. The van der Waals surface area contributed by atoms with Crippen LogP contribution < -0.4 is 20.1 Å². The minimum Gasteiger partial charge on any atom is -0.496 e. The fraction of sp³-hybridized carbons (Fsp3) is 0.611. The Hall–Kier alpha value is -1.80. The molecule has 1 aliphatic rings. The van der Waals surface area contributed by atoms with E-state index in [0.717, 1.165) is 37.6 Å². The van der Waals surface area contributed by atoms with Crippen molar-refractivity contribution in [2.75, 3.05) is 24.6 Å². The summed E-state index contributed by atoms with van der Waals surface area (Å²) in [7, 11) is -1.94. The molecular weight excluding hydrogens is 354 g/mol. The average molecular weight is 384 g/mol. The molecular formula is C18H29N3O4S. The van der Waals surface area contributed by atoms with E-state index in [2.05, 4.69) is 15.4 Å². The van der Waals surface area contributed by atoms with Gasteiger partial charge in [-0.3, -0.25) is 9.52 Å². The van der Waals surface area contributed by atoms with E-state index in [0.29, 0.717) is 23.4 Å². The third-order valence-electron chi connectivity index (χ3n) is 4.69. The summed E-state index contributed by atoms with van der Waals surface area (Å²) in [5, 5.41) is 6.48. The van der Waals surface area contributed by atoms with E-state index < -0.39 is 10.0 Å². The molecule has 0 radical (unpaired) electrons. The maximum absolute atomic E-state index is 12.9.